The first kappa shape index (κ1) is 12.9. The summed E-state index contributed by atoms with van der Waals surface area (Å²) in [6.45, 7) is 3.27. The first-order valence-corrected chi connectivity index (χ1v) is 5.48. The SMILES string of the molecule is C=CC(=O)Nc1cnn(-c2ccccc2)c1C(F)F. The molecule has 0 spiro atoms. The maximum atomic E-state index is 13.1. The van der Waals surface area contributed by atoms with Gasteiger partial charge in [-0.15, -0.1) is 0 Å². The van der Waals surface area contributed by atoms with Crippen LogP contribution >= 0.6 is 0 Å². The van der Waals surface area contributed by atoms with Gasteiger partial charge < -0.3 is 5.32 Å². The van der Waals surface area contributed by atoms with Gasteiger partial charge in [-0.25, -0.2) is 13.5 Å². The molecule has 4 nitrogen and oxygen atoms in total. The highest BCUT2D eigenvalue weighted by Gasteiger charge is 2.21. The van der Waals surface area contributed by atoms with E-state index in [0.29, 0.717) is 5.69 Å². The first-order valence-electron chi connectivity index (χ1n) is 5.48. The molecule has 19 heavy (non-hydrogen) atoms. The summed E-state index contributed by atoms with van der Waals surface area (Å²) in [5, 5.41) is 6.19. The van der Waals surface area contributed by atoms with Crippen LogP contribution in [0, 0.1) is 0 Å². The molecule has 0 fully saturated rings. The molecule has 6 heteroatoms. The summed E-state index contributed by atoms with van der Waals surface area (Å²) in [7, 11) is 0. The molecular formula is C13H11F2N3O. The Morgan fingerprint density at radius 1 is 1.37 bits per heavy atom. The Morgan fingerprint density at radius 2 is 2.05 bits per heavy atom. The van der Waals surface area contributed by atoms with Crippen LogP contribution in [0.15, 0.2) is 49.2 Å². The molecule has 2 rings (SSSR count). The lowest BCUT2D eigenvalue weighted by Crippen LogP contribution is -2.10. The summed E-state index contributed by atoms with van der Waals surface area (Å²) in [4.78, 5) is 11.2. The molecule has 1 N–H and O–H groups in total. The van der Waals surface area contributed by atoms with E-state index in [-0.39, 0.29) is 11.4 Å². The number of anilines is 1. The molecule has 1 amide bonds. The van der Waals surface area contributed by atoms with E-state index in [1.54, 1.807) is 30.3 Å². The van der Waals surface area contributed by atoms with Crippen molar-refractivity contribution >= 4 is 11.6 Å². The van der Waals surface area contributed by atoms with E-state index >= 15 is 0 Å². The Kier molecular flexibility index (Phi) is 3.70. The van der Waals surface area contributed by atoms with Crippen molar-refractivity contribution in [3.8, 4) is 5.69 Å². The van der Waals surface area contributed by atoms with Gasteiger partial charge in [0.1, 0.15) is 5.69 Å². The lowest BCUT2D eigenvalue weighted by atomic mass is 10.3. The van der Waals surface area contributed by atoms with Gasteiger partial charge in [-0.2, -0.15) is 5.10 Å². The Labute approximate surface area is 108 Å². The van der Waals surface area contributed by atoms with Gasteiger partial charge in [-0.05, 0) is 18.2 Å². The monoisotopic (exact) mass is 263 g/mol. The van der Waals surface area contributed by atoms with Crippen LogP contribution in [0.5, 0.6) is 0 Å². The topological polar surface area (TPSA) is 46.9 Å². The van der Waals surface area contributed by atoms with E-state index in [2.05, 4.69) is 17.0 Å². The highest BCUT2D eigenvalue weighted by atomic mass is 19.3. The van der Waals surface area contributed by atoms with Gasteiger partial charge in [0.05, 0.1) is 17.6 Å². The van der Waals surface area contributed by atoms with Crippen molar-refractivity contribution in [1.29, 1.82) is 0 Å². The maximum absolute atomic E-state index is 13.1. The summed E-state index contributed by atoms with van der Waals surface area (Å²) in [6.07, 6.45) is -0.562. The van der Waals surface area contributed by atoms with Crippen LogP contribution in [-0.4, -0.2) is 15.7 Å². The molecule has 0 aliphatic heterocycles. The molecule has 0 aliphatic carbocycles. The molecule has 0 saturated heterocycles. The van der Waals surface area contributed by atoms with Crippen LogP contribution in [0.3, 0.4) is 0 Å². The van der Waals surface area contributed by atoms with Gasteiger partial charge in [0, 0.05) is 0 Å². The van der Waals surface area contributed by atoms with Crippen LogP contribution in [-0.2, 0) is 4.79 Å². The second-order valence-electron chi connectivity index (χ2n) is 3.68. The number of amides is 1. The van der Waals surface area contributed by atoms with Crippen molar-refractivity contribution in [2.45, 2.75) is 6.43 Å². The molecule has 1 heterocycles. The Balaban J connectivity index is 2.46. The largest absolute Gasteiger partial charge is 0.319 e. The Bertz CT molecular complexity index is 593. The zero-order valence-electron chi connectivity index (χ0n) is 9.88. The van der Waals surface area contributed by atoms with Crippen LogP contribution in [0.2, 0.25) is 0 Å². The van der Waals surface area contributed by atoms with E-state index < -0.39 is 12.3 Å². The fraction of sp³-hybridized carbons (Fsp3) is 0.0769. The van der Waals surface area contributed by atoms with Gasteiger partial charge >= 0.3 is 0 Å². The highest BCUT2D eigenvalue weighted by Crippen LogP contribution is 2.29. The zero-order valence-corrected chi connectivity index (χ0v) is 9.88. The lowest BCUT2D eigenvalue weighted by Gasteiger charge is -2.08. The Morgan fingerprint density at radius 3 is 2.63 bits per heavy atom. The Hall–Kier alpha value is -2.50. The summed E-state index contributed by atoms with van der Waals surface area (Å²) in [5.74, 6) is -0.561. The molecule has 98 valence electrons. The van der Waals surface area contributed by atoms with Crippen molar-refractivity contribution in [2.75, 3.05) is 5.32 Å². The van der Waals surface area contributed by atoms with Crippen molar-refractivity contribution in [3.05, 3.63) is 54.9 Å². The van der Waals surface area contributed by atoms with Crippen LogP contribution in [0.25, 0.3) is 5.69 Å². The number of rotatable bonds is 4. The van der Waals surface area contributed by atoms with Crippen LogP contribution in [0.1, 0.15) is 12.1 Å². The van der Waals surface area contributed by atoms with Crippen molar-refractivity contribution in [3.63, 3.8) is 0 Å². The first-order chi connectivity index (χ1) is 9.13. The predicted octanol–water partition coefficient (Wildman–Crippen LogP) is 2.93. The molecule has 1 aromatic heterocycles. The number of hydrogen-bond acceptors (Lipinski definition) is 2. The number of nitrogens with one attached hydrogen (secondary N) is 1. The second kappa shape index (κ2) is 5.43. The van der Waals surface area contributed by atoms with E-state index in [4.69, 9.17) is 0 Å². The molecule has 1 aromatic carbocycles. The predicted molar refractivity (Wildman–Crippen MR) is 67.3 cm³/mol. The fourth-order valence-electron chi connectivity index (χ4n) is 1.62. The van der Waals surface area contributed by atoms with E-state index in [9.17, 15) is 13.6 Å². The van der Waals surface area contributed by atoms with E-state index in [0.717, 1.165) is 10.8 Å². The molecule has 2 aromatic rings. The van der Waals surface area contributed by atoms with Gasteiger partial charge in [0.15, 0.2) is 0 Å². The molecule has 0 unspecified atom stereocenters. The normalized spacial score (nSPS) is 10.5. The number of nitrogens with zero attached hydrogens (tertiary/aromatic N) is 2. The standard InChI is InChI=1S/C13H11F2N3O/c1-2-11(19)17-10-8-16-18(12(10)13(14)15)9-6-4-3-5-7-9/h2-8,13H,1H2,(H,17,19). The minimum atomic E-state index is -2.76. The number of hydrogen-bond donors (Lipinski definition) is 1. The van der Waals surface area contributed by atoms with Gasteiger partial charge in [-0.1, -0.05) is 24.8 Å². The number of benzene rings is 1. The quantitative estimate of drug-likeness (QED) is 0.862. The van der Waals surface area contributed by atoms with Crippen molar-refractivity contribution in [2.24, 2.45) is 0 Å². The molecule has 0 aliphatic rings. The van der Waals surface area contributed by atoms with Crippen LogP contribution < -0.4 is 5.32 Å². The summed E-state index contributed by atoms with van der Waals surface area (Å²) < 4.78 is 27.3. The average molecular weight is 263 g/mol. The van der Waals surface area contributed by atoms with Crippen LogP contribution in [0.4, 0.5) is 14.5 Å². The van der Waals surface area contributed by atoms with E-state index in [1.165, 1.54) is 6.20 Å². The number of carbonyl (C=O) groups excluding carboxylic acids is 1. The minimum absolute atomic E-state index is 0.0243. The van der Waals surface area contributed by atoms with Gasteiger partial charge in [0.2, 0.25) is 5.91 Å². The third kappa shape index (κ3) is 2.67. The molecule has 0 bridgehead atoms. The zero-order chi connectivity index (χ0) is 13.8. The van der Waals surface area contributed by atoms with E-state index in [1.807, 2.05) is 0 Å². The number of para-hydroxylation sites is 1. The lowest BCUT2D eigenvalue weighted by molar-refractivity contribution is -0.111. The molecular weight excluding hydrogens is 252 g/mol. The maximum Gasteiger partial charge on any atom is 0.282 e. The number of carbonyl (C=O) groups is 1. The molecule has 0 radical (unpaired) electrons. The fourth-order valence-corrected chi connectivity index (χ4v) is 1.62. The summed E-state index contributed by atoms with van der Waals surface area (Å²) in [6, 6.07) is 8.51. The van der Waals surface area contributed by atoms with Crippen molar-refractivity contribution in [1.82, 2.24) is 9.78 Å². The third-order valence-corrected chi connectivity index (χ3v) is 2.46. The minimum Gasteiger partial charge on any atom is -0.319 e. The third-order valence-electron chi connectivity index (χ3n) is 2.46. The van der Waals surface area contributed by atoms with Gasteiger partial charge in [0.25, 0.3) is 6.43 Å². The smallest absolute Gasteiger partial charge is 0.282 e. The number of aromatic nitrogens is 2. The average Bonchev–Trinajstić information content (AvgIpc) is 2.83. The molecule has 0 saturated carbocycles. The summed E-state index contributed by atoms with van der Waals surface area (Å²) >= 11 is 0. The number of alkyl halides is 2. The highest BCUT2D eigenvalue weighted by molar-refractivity contribution is 5.99. The second-order valence-corrected chi connectivity index (χ2v) is 3.68. The summed E-state index contributed by atoms with van der Waals surface area (Å²) in [5.41, 5.74) is 0.113. The van der Waals surface area contributed by atoms with Gasteiger partial charge in [-0.3, -0.25) is 4.79 Å². The number of halogens is 2. The molecule has 0 atom stereocenters. The van der Waals surface area contributed by atoms with Crippen molar-refractivity contribution < 1.29 is 13.6 Å².